The topological polar surface area (TPSA) is 49.4 Å². The lowest BCUT2D eigenvalue weighted by Gasteiger charge is -2.25. The maximum Gasteiger partial charge on any atom is 0.243 e. The molecule has 106 valence electrons. The highest BCUT2D eigenvalue weighted by atomic mass is 32.2. The molecule has 1 saturated carbocycles. The lowest BCUT2D eigenvalue weighted by Crippen LogP contribution is -2.37. The Balaban J connectivity index is 2.32. The van der Waals surface area contributed by atoms with Crippen LogP contribution >= 0.6 is 0 Å². The molecule has 5 heteroatoms. The van der Waals surface area contributed by atoms with Crippen molar-refractivity contribution >= 4 is 10.0 Å². The van der Waals surface area contributed by atoms with Gasteiger partial charge in [0.05, 0.1) is 4.90 Å². The molecule has 1 aliphatic rings. The molecule has 0 bridgehead atoms. The fraction of sp³-hybridized carbons (Fsp3) is 0.571. The second-order valence-electron chi connectivity index (χ2n) is 5.24. The summed E-state index contributed by atoms with van der Waals surface area (Å²) in [5, 5.41) is 3.02. The molecule has 4 nitrogen and oxygen atoms in total. The second kappa shape index (κ2) is 5.61. The summed E-state index contributed by atoms with van der Waals surface area (Å²) in [6.45, 7) is 2.55. The number of rotatable bonds is 6. The first kappa shape index (κ1) is 14.5. The van der Waals surface area contributed by atoms with E-state index in [4.69, 9.17) is 0 Å². The Kier molecular flexibility index (Phi) is 4.28. The van der Waals surface area contributed by atoms with Crippen molar-refractivity contribution < 1.29 is 8.42 Å². The molecule has 1 aliphatic carbocycles. The number of nitrogens with one attached hydrogen (secondary N) is 1. The molecule has 1 fully saturated rings. The number of hydrogen-bond acceptors (Lipinski definition) is 3. The van der Waals surface area contributed by atoms with Gasteiger partial charge >= 0.3 is 0 Å². The predicted octanol–water partition coefficient (Wildman–Crippen LogP) is 1.83. The van der Waals surface area contributed by atoms with E-state index in [2.05, 4.69) is 5.32 Å². The van der Waals surface area contributed by atoms with E-state index in [9.17, 15) is 8.42 Å². The summed E-state index contributed by atoms with van der Waals surface area (Å²) in [4.78, 5) is 0.416. The van der Waals surface area contributed by atoms with Gasteiger partial charge in [-0.05, 0) is 44.4 Å². The molecule has 0 saturated heterocycles. The highest BCUT2D eigenvalue weighted by Gasteiger charge is 2.36. The Labute approximate surface area is 115 Å². The maximum atomic E-state index is 12.7. The summed E-state index contributed by atoms with van der Waals surface area (Å²) in [5.41, 5.74) is 0.819. The van der Waals surface area contributed by atoms with Crippen molar-refractivity contribution in [2.45, 2.75) is 37.2 Å². The fourth-order valence-corrected chi connectivity index (χ4v) is 3.98. The van der Waals surface area contributed by atoms with Gasteiger partial charge in [0.1, 0.15) is 0 Å². The van der Waals surface area contributed by atoms with E-state index >= 15 is 0 Å². The molecule has 0 spiro atoms. The molecule has 1 N–H and O–H groups in total. The summed E-state index contributed by atoms with van der Waals surface area (Å²) in [6.07, 6.45) is 2.28. The van der Waals surface area contributed by atoms with Crippen LogP contribution in [-0.2, 0) is 16.6 Å². The van der Waals surface area contributed by atoms with E-state index in [-0.39, 0.29) is 6.04 Å². The monoisotopic (exact) mass is 282 g/mol. The van der Waals surface area contributed by atoms with Crippen molar-refractivity contribution in [2.75, 3.05) is 14.1 Å². The summed E-state index contributed by atoms with van der Waals surface area (Å²) >= 11 is 0. The van der Waals surface area contributed by atoms with Crippen LogP contribution in [0.3, 0.4) is 0 Å². The Morgan fingerprint density at radius 1 is 1.37 bits per heavy atom. The molecule has 0 aromatic heterocycles. The van der Waals surface area contributed by atoms with E-state index in [1.165, 1.54) is 4.31 Å². The molecule has 1 aromatic carbocycles. The van der Waals surface area contributed by atoms with Gasteiger partial charge in [0.2, 0.25) is 10.0 Å². The van der Waals surface area contributed by atoms with Crippen LogP contribution in [0.2, 0.25) is 0 Å². The summed E-state index contributed by atoms with van der Waals surface area (Å²) in [6, 6.07) is 7.28. The van der Waals surface area contributed by atoms with Crippen molar-refractivity contribution in [3.8, 4) is 0 Å². The molecule has 0 radical (unpaired) electrons. The molecular weight excluding hydrogens is 260 g/mol. The number of nitrogens with zero attached hydrogens (tertiary/aromatic N) is 1. The van der Waals surface area contributed by atoms with Gasteiger partial charge in [0, 0.05) is 19.6 Å². The molecule has 0 heterocycles. The highest BCUT2D eigenvalue weighted by molar-refractivity contribution is 7.89. The van der Waals surface area contributed by atoms with Crippen molar-refractivity contribution in [2.24, 2.45) is 5.92 Å². The molecule has 1 atom stereocenters. The first-order valence-electron chi connectivity index (χ1n) is 6.69. The second-order valence-corrected chi connectivity index (χ2v) is 7.20. The Bertz CT molecular complexity index is 538. The van der Waals surface area contributed by atoms with Gasteiger partial charge in [-0.3, -0.25) is 0 Å². The zero-order valence-electron chi connectivity index (χ0n) is 11.8. The summed E-state index contributed by atoms with van der Waals surface area (Å²) in [5.74, 6) is 0.524. The third kappa shape index (κ3) is 2.99. The zero-order chi connectivity index (χ0) is 14.0. The van der Waals surface area contributed by atoms with Crippen LogP contribution in [0, 0.1) is 5.92 Å². The summed E-state index contributed by atoms with van der Waals surface area (Å²) in [7, 11) is 0.106. The van der Waals surface area contributed by atoms with Gasteiger partial charge in [-0.1, -0.05) is 18.2 Å². The van der Waals surface area contributed by atoms with E-state index < -0.39 is 10.0 Å². The van der Waals surface area contributed by atoms with Crippen LogP contribution < -0.4 is 5.32 Å². The number of hydrogen-bond donors (Lipinski definition) is 1. The SMILES string of the molecule is CNCc1ccccc1S(=O)(=O)N(C)C(C)C1CC1. The van der Waals surface area contributed by atoms with Gasteiger partial charge in [0.25, 0.3) is 0 Å². The minimum Gasteiger partial charge on any atom is -0.316 e. The van der Waals surface area contributed by atoms with Gasteiger partial charge in [-0.15, -0.1) is 0 Å². The Hall–Kier alpha value is -0.910. The zero-order valence-corrected chi connectivity index (χ0v) is 12.6. The molecular formula is C14H22N2O2S. The molecule has 2 rings (SSSR count). The van der Waals surface area contributed by atoms with Crippen LogP contribution in [0.5, 0.6) is 0 Å². The minimum absolute atomic E-state index is 0.0765. The van der Waals surface area contributed by atoms with Crippen LogP contribution in [0.15, 0.2) is 29.2 Å². The van der Waals surface area contributed by atoms with Crippen LogP contribution in [0.1, 0.15) is 25.3 Å². The lowest BCUT2D eigenvalue weighted by molar-refractivity contribution is 0.356. The van der Waals surface area contributed by atoms with E-state index in [0.717, 1.165) is 18.4 Å². The minimum atomic E-state index is -3.40. The first-order valence-corrected chi connectivity index (χ1v) is 8.13. The van der Waals surface area contributed by atoms with Crippen molar-refractivity contribution in [1.82, 2.24) is 9.62 Å². The van der Waals surface area contributed by atoms with Crippen LogP contribution in [0.25, 0.3) is 0 Å². The maximum absolute atomic E-state index is 12.7. The van der Waals surface area contributed by atoms with Gasteiger partial charge in [-0.25, -0.2) is 8.42 Å². The predicted molar refractivity (Wildman–Crippen MR) is 76.3 cm³/mol. The highest BCUT2D eigenvalue weighted by Crippen LogP contribution is 2.36. The first-order chi connectivity index (χ1) is 8.98. The van der Waals surface area contributed by atoms with Crippen molar-refractivity contribution in [1.29, 1.82) is 0 Å². The Morgan fingerprint density at radius 3 is 2.58 bits per heavy atom. The third-order valence-corrected chi connectivity index (χ3v) is 5.92. The smallest absolute Gasteiger partial charge is 0.243 e. The average Bonchev–Trinajstić information content (AvgIpc) is 3.22. The quantitative estimate of drug-likeness (QED) is 0.866. The van der Waals surface area contributed by atoms with Crippen LogP contribution in [0.4, 0.5) is 0 Å². The number of sulfonamides is 1. The van der Waals surface area contributed by atoms with E-state index in [0.29, 0.717) is 17.4 Å². The molecule has 0 amide bonds. The fourth-order valence-electron chi connectivity index (χ4n) is 2.34. The molecule has 0 aliphatic heterocycles. The van der Waals surface area contributed by atoms with Crippen molar-refractivity contribution in [3.63, 3.8) is 0 Å². The van der Waals surface area contributed by atoms with E-state index in [1.54, 1.807) is 19.2 Å². The molecule has 1 aromatic rings. The van der Waals surface area contributed by atoms with Gasteiger partial charge in [0.15, 0.2) is 0 Å². The number of benzene rings is 1. The average molecular weight is 282 g/mol. The lowest BCUT2D eigenvalue weighted by atomic mass is 10.2. The van der Waals surface area contributed by atoms with Gasteiger partial charge in [-0.2, -0.15) is 4.31 Å². The summed E-state index contributed by atoms with van der Waals surface area (Å²) < 4.78 is 26.9. The van der Waals surface area contributed by atoms with Crippen LogP contribution in [-0.4, -0.2) is 32.9 Å². The third-order valence-electron chi connectivity index (χ3n) is 3.87. The molecule has 19 heavy (non-hydrogen) atoms. The standard InChI is InChI=1S/C14H22N2O2S/c1-11(12-8-9-12)16(3)19(17,18)14-7-5-4-6-13(14)10-15-2/h4-7,11-12,15H,8-10H2,1-3H3. The van der Waals surface area contributed by atoms with E-state index in [1.807, 2.05) is 26.1 Å². The largest absolute Gasteiger partial charge is 0.316 e. The van der Waals surface area contributed by atoms with Gasteiger partial charge < -0.3 is 5.32 Å². The van der Waals surface area contributed by atoms with Crippen molar-refractivity contribution in [3.05, 3.63) is 29.8 Å². The normalized spacial score (nSPS) is 17.7. The Morgan fingerprint density at radius 2 is 2.00 bits per heavy atom. The molecule has 1 unspecified atom stereocenters.